The Labute approximate surface area is 135 Å². The first-order valence-electron chi connectivity index (χ1n) is 7.46. The number of nitrogens with zero attached hydrogens (tertiary/aromatic N) is 1. The quantitative estimate of drug-likeness (QED) is 0.916. The molecule has 1 atom stereocenters. The van der Waals surface area contributed by atoms with E-state index in [4.69, 9.17) is 23.2 Å². The second-order valence-electron chi connectivity index (χ2n) is 6.49. The van der Waals surface area contributed by atoms with E-state index < -0.39 is 0 Å². The van der Waals surface area contributed by atoms with Gasteiger partial charge in [-0.05, 0) is 43.4 Å². The summed E-state index contributed by atoms with van der Waals surface area (Å²) in [6.07, 6.45) is 3.39. The Hall–Kier alpha value is -0.770. The Morgan fingerprint density at radius 3 is 2.81 bits per heavy atom. The highest BCUT2D eigenvalue weighted by molar-refractivity contribution is 6.43. The number of carbonyl (C=O) groups excluding carboxylic acids is 1. The van der Waals surface area contributed by atoms with Gasteiger partial charge >= 0.3 is 0 Å². The van der Waals surface area contributed by atoms with Crippen LogP contribution in [0.2, 0.25) is 10.0 Å². The van der Waals surface area contributed by atoms with E-state index in [9.17, 15) is 4.79 Å². The largest absolute Gasteiger partial charge is 0.334 e. The summed E-state index contributed by atoms with van der Waals surface area (Å²) in [5.41, 5.74) is 0.795. The molecule has 21 heavy (non-hydrogen) atoms. The molecule has 0 aromatic heterocycles. The number of benzene rings is 1. The second-order valence-corrected chi connectivity index (χ2v) is 7.28. The molecule has 0 bridgehead atoms. The van der Waals surface area contributed by atoms with Gasteiger partial charge < -0.3 is 10.2 Å². The van der Waals surface area contributed by atoms with Gasteiger partial charge in [-0.3, -0.25) is 4.79 Å². The molecule has 1 aliphatic carbocycles. The molecule has 1 heterocycles. The third kappa shape index (κ3) is 3.20. The van der Waals surface area contributed by atoms with Crippen molar-refractivity contribution in [3.8, 4) is 0 Å². The Bertz CT molecular complexity index is 551. The number of rotatable bonds is 4. The van der Waals surface area contributed by atoms with Crippen LogP contribution in [0.15, 0.2) is 18.2 Å². The number of nitrogens with one attached hydrogen (secondary N) is 1. The lowest BCUT2D eigenvalue weighted by molar-refractivity contribution is 0.0651. The predicted octanol–water partition coefficient (Wildman–Crippen LogP) is 3.60. The van der Waals surface area contributed by atoms with Gasteiger partial charge in [0.25, 0.3) is 5.91 Å². The van der Waals surface area contributed by atoms with Crippen molar-refractivity contribution in [1.82, 2.24) is 10.2 Å². The fourth-order valence-electron chi connectivity index (χ4n) is 2.88. The summed E-state index contributed by atoms with van der Waals surface area (Å²) >= 11 is 12.3. The Kier molecular flexibility index (Phi) is 4.17. The van der Waals surface area contributed by atoms with Crippen molar-refractivity contribution < 1.29 is 4.79 Å². The summed E-state index contributed by atoms with van der Waals surface area (Å²) in [4.78, 5) is 15.0. The molecule has 0 radical (unpaired) electrons. The van der Waals surface area contributed by atoms with Gasteiger partial charge in [0, 0.05) is 19.1 Å². The lowest BCUT2D eigenvalue weighted by atomic mass is 10.1. The first-order valence-corrected chi connectivity index (χ1v) is 8.21. The molecule has 3 nitrogen and oxygen atoms in total. The minimum absolute atomic E-state index is 0.00400. The minimum atomic E-state index is 0.00400. The summed E-state index contributed by atoms with van der Waals surface area (Å²) in [6, 6.07) is 5.52. The first kappa shape index (κ1) is 15.1. The molecule has 2 aliphatic rings. The van der Waals surface area contributed by atoms with E-state index in [1.54, 1.807) is 18.2 Å². The molecule has 1 aromatic carbocycles. The number of halogens is 2. The number of hydrogen-bond acceptors (Lipinski definition) is 2. The Balaban J connectivity index is 1.87. The molecule has 1 saturated heterocycles. The highest BCUT2D eigenvalue weighted by Gasteiger charge is 2.42. The average molecular weight is 327 g/mol. The number of amides is 1. The fraction of sp³-hybridized carbons (Fsp3) is 0.562. The zero-order valence-corrected chi connectivity index (χ0v) is 13.7. The van der Waals surface area contributed by atoms with Gasteiger partial charge in [0.2, 0.25) is 0 Å². The Morgan fingerprint density at radius 1 is 1.43 bits per heavy atom. The van der Waals surface area contributed by atoms with Crippen LogP contribution in [0.3, 0.4) is 0 Å². The van der Waals surface area contributed by atoms with Gasteiger partial charge in [-0.25, -0.2) is 0 Å². The summed E-state index contributed by atoms with van der Waals surface area (Å²) < 4.78 is 0. The molecule has 0 spiro atoms. The standard InChI is InChI=1S/C16H20Cl2N2O/c1-16(6-7-16)10-20(11-5-8-19-9-11)15(21)12-3-2-4-13(17)14(12)18/h2-4,11,19H,5-10H2,1H3/t11-/m1/s1. The maximum absolute atomic E-state index is 13.0. The van der Waals surface area contributed by atoms with E-state index in [-0.39, 0.29) is 17.4 Å². The highest BCUT2D eigenvalue weighted by Crippen LogP contribution is 2.46. The van der Waals surface area contributed by atoms with E-state index >= 15 is 0 Å². The topological polar surface area (TPSA) is 32.3 Å². The van der Waals surface area contributed by atoms with E-state index in [1.807, 2.05) is 4.90 Å². The monoisotopic (exact) mass is 326 g/mol. The van der Waals surface area contributed by atoms with Crippen molar-refractivity contribution in [3.05, 3.63) is 33.8 Å². The van der Waals surface area contributed by atoms with Crippen molar-refractivity contribution in [3.63, 3.8) is 0 Å². The molecule has 1 N–H and O–H groups in total. The third-order valence-corrected chi connectivity index (χ3v) is 5.39. The maximum Gasteiger partial charge on any atom is 0.255 e. The van der Waals surface area contributed by atoms with Gasteiger partial charge in [0.1, 0.15) is 0 Å². The van der Waals surface area contributed by atoms with Crippen LogP contribution in [0.25, 0.3) is 0 Å². The van der Waals surface area contributed by atoms with E-state index in [1.165, 1.54) is 12.8 Å². The van der Waals surface area contributed by atoms with Gasteiger partial charge in [0.15, 0.2) is 0 Å². The van der Waals surface area contributed by atoms with Crippen LogP contribution in [0.1, 0.15) is 36.5 Å². The van der Waals surface area contributed by atoms with E-state index in [2.05, 4.69) is 12.2 Å². The summed E-state index contributed by atoms with van der Waals surface area (Å²) in [7, 11) is 0. The van der Waals surface area contributed by atoms with Gasteiger partial charge in [-0.2, -0.15) is 0 Å². The van der Waals surface area contributed by atoms with Crippen molar-refractivity contribution in [2.75, 3.05) is 19.6 Å². The summed E-state index contributed by atoms with van der Waals surface area (Å²) in [5, 5.41) is 4.14. The SMILES string of the molecule is CC1(CN(C(=O)c2cccc(Cl)c2Cl)[C@@H]2CCNC2)CC1. The van der Waals surface area contributed by atoms with Crippen LogP contribution in [0.4, 0.5) is 0 Å². The second kappa shape index (κ2) is 5.79. The third-order valence-electron chi connectivity index (χ3n) is 4.57. The van der Waals surface area contributed by atoms with Crippen LogP contribution in [-0.4, -0.2) is 36.5 Å². The molecule has 3 rings (SSSR count). The molecule has 114 valence electrons. The van der Waals surface area contributed by atoms with Crippen LogP contribution in [0.5, 0.6) is 0 Å². The van der Waals surface area contributed by atoms with Crippen molar-refractivity contribution in [2.45, 2.75) is 32.2 Å². The summed E-state index contributed by atoms with van der Waals surface area (Å²) in [6.45, 7) is 4.88. The lowest BCUT2D eigenvalue weighted by Gasteiger charge is -2.31. The normalized spacial score (nSPS) is 23.1. The van der Waals surface area contributed by atoms with E-state index in [0.717, 1.165) is 26.1 Å². The molecule has 5 heteroatoms. The molecule has 1 aliphatic heterocycles. The van der Waals surface area contributed by atoms with Crippen LogP contribution >= 0.6 is 23.2 Å². The minimum Gasteiger partial charge on any atom is -0.334 e. The molecule has 0 unspecified atom stereocenters. The van der Waals surface area contributed by atoms with Crippen LogP contribution in [-0.2, 0) is 0 Å². The molecule has 1 aromatic rings. The van der Waals surface area contributed by atoms with Crippen molar-refractivity contribution in [1.29, 1.82) is 0 Å². The zero-order valence-electron chi connectivity index (χ0n) is 12.2. The fourth-order valence-corrected chi connectivity index (χ4v) is 3.26. The van der Waals surface area contributed by atoms with E-state index in [0.29, 0.717) is 15.6 Å². The molecule has 2 fully saturated rings. The maximum atomic E-state index is 13.0. The number of carbonyl (C=O) groups is 1. The Morgan fingerprint density at radius 2 is 2.19 bits per heavy atom. The van der Waals surface area contributed by atoms with Crippen LogP contribution < -0.4 is 5.32 Å². The van der Waals surface area contributed by atoms with Crippen molar-refractivity contribution in [2.24, 2.45) is 5.41 Å². The van der Waals surface area contributed by atoms with Crippen molar-refractivity contribution >= 4 is 29.1 Å². The first-order chi connectivity index (χ1) is 10.0. The van der Waals surface area contributed by atoms with Gasteiger partial charge in [0.05, 0.1) is 15.6 Å². The molecule has 1 amide bonds. The average Bonchev–Trinajstić information content (AvgIpc) is 2.97. The lowest BCUT2D eigenvalue weighted by Crippen LogP contribution is -2.44. The van der Waals surface area contributed by atoms with Crippen LogP contribution in [0, 0.1) is 5.41 Å². The molecular weight excluding hydrogens is 307 g/mol. The van der Waals surface area contributed by atoms with Gasteiger partial charge in [-0.15, -0.1) is 0 Å². The molecular formula is C16H20Cl2N2O. The van der Waals surface area contributed by atoms with Gasteiger partial charge in [-0.1, -0.05) is 36.2 Å². The molecule has 1 saturated carbocycles. The smallest absolute Gasteiger partial charge is 0.255 e. The zero-order chi connectivity index (χ0) is 15.0. The summed E-state index contributed by atoms with van der Waals surface area (Å²) in [5.74, 6) is 0.00400. The number of hydrogen-bond donors (Lipinski definition) is 1. The highest BCUT2D eigenvalue weighted by atomic mass is 35.5. The predicted molar refractivity (Wildman–Crippen MR) is 86.1 cm³/mol.